The van der Waals surface area contributed by atoms with Gasteiger partial charge in [-0.2, -0.15) is 0 Å². The molecule has 4 amide bonds. The van der Waals surface area contributed by atoms with Crippen molar-refractivity contribution >= 4 is 46.4 Å². The molecule has 0 aliphatic heterocycles. The van der Waals surface area contributed by atoms with Crippen molar-refractivity contribution in [3.63, 3.8) is 0 Å². The average Bonchev–Trinajstić information content (AvgIpc) is 2.85. The molecule has 200 valence electrons. The Labute approximate surface area is 220 Å². The number of nitrogens with one attached hydrogen (secondary N) is 4. The van der Waals surface area contributed by atoms with Gasteiger partial charge in [0.1, 0.15) is 0 Å². The lowest BCUT2D eigenvalue weighted by atomic mass is 10.2. The lowest BCUT2D eigenvalue weighted by Crippen LogP contribution is -2.15. The van der Waals surface area contributed by atoms with E-state index in [0.717, 1.165) is 38.5 Å². The summed E-state index contributed by atoms with van der Waals surface area (Å²) in [5, 5.41) is 11.3. The minimum atomic E-state index is -0.202. The van der Waals surface area contributed by atoms with Gasteiger partial charge in [-0.1, -0.05) is 51.7 Å². The van der Waals surface area contributed by atoms with Crippen molar-refractivity contribution in [2.24, 2.45) is 0 Å². The molecule has 0 spiro atoms. The molecule has 0 saturated heterocycles. The van der Waals surface area contributed by atoms with Crippen molar-refractivity contribution in [1.29, 1.82) is 0 Å². The first-order valence-electron chi connectivity index (χ1n) is 13.3. The zero-order valence-electron chi connectivity index (χ0n) is 22.0. The molecule has 2 rings (SSSR count). The Hall–Kier alpha value is -3.68. The molecule has 0 aliphatic carbocycles. The molecule has 0 fully saturated rings. The molecule has 0 atom stereocenters. The third-order valence-electron chi connectivity index (χ3n) is 5.68. The molecular formula is C29H40N4O4. The van der Waals surface area contributed by atoms with E-state index >= 15 is 0 Å². The Morgan fingerprint density at radius 3 is 1.08 bits per heavy atom. The van der Waals surface area contributed by atoms with Crippen molar-refractivity contribution in [2.75, 3.05) is 21.3 Å². The standard InChI is InChI=1S/C29H40N4O4/c1-3-5-7-16-26(34)30-22-12-9-14-24(20-22)32-28(36)18-11-19-29(37)33-25-15-10-13-23(21-25)31-27(35)17-8-6-4-2/h9-10,12-15,20-21H,3-8,11,16-19H2,1-2H3,(H,30,34)(H,31,35)(H,32,36)(H,33,37). The predicted molar refractivity (Wildman–Crippen MR) is 150 cm³/mol. The first-order chi connectivity index (χ1) is 17.9. The van der Waals surface area contributed by atoms with Crippen LogP contribution in [0.5, 0.6) is 0 Å². The number of amides is 4. The van der Waals surface area contributed by atoms with Crippen LogP contribution in [0.2, 0.25) is 0 Å². The number of anilines is 4. The Bertz CT molecular complexity index is 957. The summed E-state index contributed by atoms with van der Waals surface area (Å²) in [6, 6.07) is 14.1. The molecule has 0 aliphatic rings. The van der Waals surface area contributed by atoms with E-state index in [1.54, 1.807) is 48.5 Å². The lowest BCUT2D eigenvalue weighted by Gasteiger charge is -2.10. The van der Waals surface area contributed by atoms with Gasteiger partial charge in [0.25, 0.3) is 0 Å². The fraction of sp³-hybridized carbons (Fsp3) is 0.448. The second-order valence-electron chi connectivity index (χ2n) is 9.12. The summed E-state index contributed by atoms with van der Waals surface area (Å²) in [4.78, 5) is 48.7. The molecule has 0 unspecified atom stereocenters. The van der Waals surface area contributed by atoms with Gasteiger partial charge in [0.2, 0.25) is 23.6 Å². The summed E-state index contributed by atoms with van der Waals surface area (Å²) >= 11 is 0. The van der Waals surface area contributed by atoms with Gasteiger partial charge in [-0.05, 0) is 55.7 Å². The second kappa shape index (κ2) is 16.9. The molecule has 0 aromatic heterocycles. The van der Waals surface area contributed by atoms with Crippen molar-refractivity contribution in [1.82, 2.24) is 0 Å². The third kappa shape index (κ3) is 12.7. The fourth-order valence-electron chi connectivity index (χ4n) is 3.72. The van der Waals surface area contributed by atoms with Crippen LogP contribution in [0, 0.1) is 0 Å². The van der Waals surface area contributed by atoms with Gasteiger partial charge in [0.05, 0.1) is 0 Å². The van der Waals surface area contributed by atoms with E-state index in [1.807, 2.05) is 0 Å². The van der Waals surface area contributed by atoms with Crippen LogP contribution in [0.15, 0.2) is 48.5 Å². The number of carbonyl (C=O) groups excluding carboxylic acids is 4. The largest absolute Gasteiger partial charge is 0.326 e. The van der Waals surface area contributed by atoms with Crippen LogP contribution in [-0.2, 0) is 19.2 Å². The summed E-state index contributed by atoms with van der Waals surface area (Å²) in [6.07, 6.45) is 7.58. The van der Waals surface area contributed by atoms with Gasteiger partial charge in [0, 0.05) is 48.4 Å². The zero-order valence-corrected chi connectivity index (χ0v) is 22.0. The molecule has 8 nitrogen and oxygen atoms in total. The first-order valence-corrected chi connectivity index (χ1v) is 13.3. The topological polar surface area (TPSA) is 116 Å². The number of carbonyl (C=O) groups is 4. The zero-order chi connectivity index (χ0) is 26.9. The van der Waals surface area contributed by atoms with Crippen molar-refractivity contribution in [3.05, 3.63) is 48.5 Å². The summed E-state index contributed by atoms with van der Waals surface area (Å²) in [5.74, 6) is -0.482. The van der Waals surface area contributed by atoms with Crippen LogP contribution in [0.1, 0.15) is 84.5 Å². The minimum absolute atomic E-state index is 0.0390. The van der Waals surface area contributed by atoms with Gasteiger partial charge in [-0.15, -0.1) is 0 Å². The Morgan fingerprint density at radius 2 is 0.784 bits per heavy atom. The molecule has 0 radical (unpaired) electrons. The predicted octanol–water partition coefficient (Wildman–Crippen LogP) is 6.47. The monoisotopic (exact) mass is 508 g/mol. The molecule has 8 heteroatoms. The quantitative estimate of drug-likeness (QED) is 0.194. The van der Waals surface area contributed by atoms with Crippen LogP contribution in [-0.4, -0.2) is 23.6 Å². The summed E-state index contributed by atoms with van der Waals surface area (Å²) in [6.45, 7) is 4.18. The van der Waals surface area contributed by atoms with E-state index in [2.05, 4.69) is 35.1 Å². The second-order valence-corrected chi connectivity index (χ2v) is 9.12. The van der Waals surface area contributed by atoms with Gasteiger partial charge >= 0.3 is 0 Å². The van der Waals surface area contributed by atoms with Crippen LogP contribution < -0.4 is 21.3 Å². The average molecular weight is 509 g/mol. The third-order valence-corrected chi connectivity index (χ3v) is 5.68. The SMILES string of the molecule is CCCCCC(=O)Nc1cccc(NC(=O)CCCC(=O)Nc2cccc(NC(=O)CCCCC)c2)c1. The van der Waals surface area contributed by atoms with E-state index in [9.17, 15) is 19.2 Å². The molecule has 0 heterocycles. The van der Waals surface area contributed by atoms with Crippen molar-refractivity contribution in [2.45, 2.75) is 84.5 Å². The highest BCUT2D eigenvalue weighted by Crippen LogP contribution is 2.18. The molecule has 0 bridgehead atoms. The number of hydrogen-bond donors (Lipinski definition) is 4. The summed E-state index contributed by atoms with van der Waals surface area (Å²) < 4.78 is 0. The number of benzene rings is 2. The van der Waals surface area contributed by atoms with E-state index in [4.69, 9.17) is 0 Å². The van der Waals surface area contributed by atoms with Crippen LogP contribution in [0.4, 0.5) is 22.7 Å². The highest BCUT2D eigenvalue weighted by atomic mass is 16.2. The van der Waals surface area contributed by atoms with Crippen molar-refractivity contribution in [3.8, 4) is 0 Å². The summed E-state index contributed by atoms with van der Waals surface area (Å²) in [7, 11) is 0. The van der Waals surface area contributed by atoms with Gasteiger partial charge in [-0.25, -0.2) is 0 Å². The fourth-order valence-corrected chi connectivity index (χ4v) is 3.72. The Balaban J connectivity index is 1.72. The van der Waals surface area contributed by atoms with Gasteiger partial charge in [0.15, 0.2) is 0 Å². The smallest absolute Gasteiger partial charge is 0.224 e. The van der Waals surface area contributed by atoms with Gasteiger partial charge < -0.3 is 21.3 Å². The number of rotatable bonds is 16. The van der Waals surface area contributed by atoms with E-state index in [0.29, 0.717) is 42.0 Å². The maximum absolute atomic E-state index is 12.3. The summed E-state index contributed by atoms with van der Waals surface area (Å²) in [5.41, 5.74) is 2.46. The first kappa shape index (κ1) is 29.5. The van der Waals surface area contributed by atoms with Crippen LogP contribution >= 0.6 is 0 Å². The molecule has 37 heavy (non-hydrogen) atoms. The maximum Gasteiger partial charge on any atom is 0.224 e. The highest BCUT2D eigenvalue weighted by molar-refractivity contribution is 5.96. The van der Waals surface area contributed by atoms with Gasteiger partial charge in [-0.3, -0.25) is 19.2 Å². The van der Waals surface area contributed by atoms with Crippen LogP contribution in [0.25, 0.3) is 0 Å². The molecule has 2 aromatic rings. The van der Waals surface area contributed by atoms with Crippen LogP contribution in [0.3, 0.4) is 0 Å². The molecule has 0 saturated carbocycles. The van der Waals surface area contributed by atoms with E-state index < -0.39 is 0 Å². The number of unbranched alkanes of at least 4 members (excludes halogenated alkanes) is 4. The maximum atomic E-state index is 12.3. The Kier molecular flexibility index (Phi) is 13.5. The normalized spacial score (nSPS) is 10.4. The molecule has 4 N–H and O–H groups in total. The van der Waals surface area contributed by atoms with E-state index in [-0.39, 0.29) is 36.5 Å². The minimum Gasteiger partial charge on any atom is -0.326 e. The van der Waals surface area contributed by atoms with E-state index in [1.165, 1.54) is 0 Å². The Morgan fingerprint density at radius 1 is 0.486 bits per heavy atom. The lowest BCUT2D eigenvalue weighted by molar-refractivity contribution is -0.118. The van der Waals surface area contributed by atoms with Crippen molar-refractivity contribution < 1.29 is 19.2 Å². The number of hydrogen-bond acceptors (Lipinski definition) is 4. The molecule has 2 aromatic carbocycles. The highest BCUT2D eigenvalue weighted by Gasteiger charge is 2.09. The molecular weight excluding hydrogens is 468 g/mol.